The summed E-state index contributed by atoms with van der Waals surface area (Å²) >= 11 is 1.73. The quantitative estimate of drug-likeness (QED) is 0.869. The van der Waals surface area contributed by atoms with Crippen molar-refractivity contribution in [1.82, 2.24) is 15.5 Å². The number of hydrogen-bond acceptors (Lipinski definition) is 5. The molecule has 0 aliphatic carbocycles. The molecule has 19 heavy (non-hydrogen) atoms. The van der Waals surface area contributed by atoms with Crippen LogP contribution in [0.15, 0.2) is 39.8 Å². The van der Waals surface area contributed by atoms with Gasteiger partial charge in [0.25, 0.3) is 0 Å². The summed E-state index contributed by atoms with van der Waals surface area (Å²) in [5.74, 6) is 2.26. The highest BCUT2D eigenvalue weighted by Crippen LogP contribution is 2.24. The number of benzene rings is 1. The summed E-state index contributed by atoms with van der Waals surface area (Å²) in [6, 6.07) is 10.5. The monoisotopic (exact) mass is 275 g/mol. The number of nitrogens with one attached hydrogen (secondary N) is 1. The maximum Gasteiger partial charge on any atom is 0.243 e. The van der Waals surface area contributed by atoms with Crippen LogP contribution in [0.3, 0.4) is 0 Å². The molecule has 1 N–H and O–H groups in total. The third kappa shape index (κ3) is 3.36. The Hall–Kier alpha value is -1.33. The van der Waals surface area contributed by atoms with Crippen molar-refractivity contribution in [1.29, 1.82) is 0 Å². The molecule has 0 bridgehead atoms. The zero-order valence-electron chi connectivity index (χ0n) is 10.7. The Bertz CT molecular complexity index is 508. The largest absolute Gasteiger partial charge is 0.338 e. The number of hydrogen-bond donors (Lipinski definition) is 1. The van der Waals surface area contributed by atoms with Crippen LogP contribution in [0.1, 0.15) is 37.0 Å². The van der Waals surface area contributed by atoms with E-state index in [-0.39, 0.29) is 6.04 Å². The van der Waals surface area contributed by atoms with Crippen LogP contribution < -0.4 is 5.32 Å². The predicted octanol–water partition coefficient (Wildman–Crippen LogP) is 3.18. The van der Waals surface area contributed by atoms with E-state index < -0.39 is 0 Å². The summed E-state index contributed by atoms with van der Waals surface area (Å²) < 4.78 is 5.36. The van der Waals surface area contributed by atoms with Crippen LogP contribution in [0, 0.1) is 0 Å². The fourth-order valence-corrected chi connectivity index (χ4v) is 2.96. The molecular weight excluding hydrogens is 258 g/mol. The first-order valence-corrected chi connectivity index (χ1v) is 7.64. The molecule has 1 aliphatic rings. The highest BCUT2D eigenvalue weighted by Gasteiger charge is 2.20. The van der Waals surface area contributed by atoms with E-state index >= 15 is 0 Å². The van der Waals surface area contributed by atoms with Crippen LogP contribution in [0.5, 0.6) is 0 Å². The second-order valence-corrected chi connectivity index (χ2v) is 5.70. The molecule has 2 heterocycles. The highest BCUT2D eigenvalue weighted by molar-refractivity contribution is 7.98. The average Bonchev–Trinajstić information content (AvgIpc) is 2.96. The normalized spacial score (nSPS) is 19.5. The van der Waals surface area contributed by atoms with E-state index in [0.717, 1.165) is 30.4 Å². The Balaban J connectivity index is 1.58. The van der Waals surface area contributed by atoms with E-state index in [0.29, 0.717) is 0 Å². The summed E-state index contributed by atoms with van der Waals surface area (Å²) in [7, 11) is 0. The molecular formula is C14H17N3OS. The van der Waals surface area contributed by atoms with Crippen molar-refractivity contribution in [3.05, 3.63) is 42.0 Å². The lowest BCUT2D eigenvalue weighted by molar-refractivity contribution is 0.296. The van der Waals surface area contributed by atoms with Gasteiger partial charge >= 0.3 is 0 Å². The molecule has 4 nitrogen and oxygen atoms in total. The lowest BCUT2D eigenvalue weighted by Crippen LogP contribution is -2.26. The van der Waals surface area contributed by atoms with Crippen molar-refractivity contribution in [3.8, 4) is 0 Å². The molecule has 3 rings (SSSR count). The molecule has 0 spiro atoms. The molecule has 0 radical (unpaired) electrons. The van der Waals surface area contributed by atoms with Crippen molar-refractivity contribution in [2.45, 2.75) is 36.0 Å². The van der Waals surface area contributed by atoms with Crippen molar-refractivity contribution < 1.29 is 4.52 Å². The van der Waals surface area contributed by atoms with Gasteiger partial charge in [-0.15, -0.1) is 11.8 Å². The molecule has 1 aliphatic heterocycles. The maximum absolute atomic E-state index is 5.36. The Kier molecular flexibility index (Phi) is 4.15. The summed E-state index contributed by atoms with van der Waals surface area (Å²) in [6.45, 7) is 1.04. The van der Waals surface area contributed by atoms with Crippen LogP contribution in [0.4, 0.5) is 0 Å². The van der Waals surface area contributed by atoms with E-state index in [1.807, 2.05) is 18.2 Å². The number of nitrogens with zero attached hydrogens (tertiary/aromatic N) is 2. The SMILES string of the molecule is c1ccc(SCc2noc([C@@H]3CCCCN3)n2)cc1. The van der Waals surface area contributed by atoms with Crippen molar-refractivity contribution >= 4 is 11.8 Å². The molecule has 1 atom stereocenters. The summed E-state index contributed by atoms with van der Waals surface area (Å²) in [4.78, 5) is 5.71. The molecule has 1 saturated heterocycles. The van der Waals surface area contributed by atoms with Gasteiger partial charge in [-0.2, -0.15) is 4.98 Å². The van der Waals surface area contributed by atoms with Crippen LogP contribution in [-0.4, -0.2) is 16.7 Å². The first kappa shape index (κ1) is 12.7. The first-order valence-electron chi connectivity index (χ1n) is 6.65. The standard InChI is InChI=1S/C14H17N3OS/c1-2-6-11(7-3-1)19-10-13-16-14(18-17-13)12-8-4-5-9-15-12/h1-3,6-7,12,15H,4-5,8-10H2/t12-/m0/s1. The third-order valence-corrected chi connectivity index (χ3v) is 4.21. The van der Waals surface area contributed by atoms with Gasteiger partial charge in [-0.3, -0.25) is 0 Å². The van der Waals surface area contributed by atoms with Crippen LogP contribution in [0.25, 0.3) is 0 Å². The van der Waals surface area contributed by atoms with Gasteiger partial charge in [-0.05, 0) is 31.5 Å². The minimum atomic E-state index is 0.247. The van der Waals surface area contributed by atoms with Crippen LogP contribution in [0.2, 0.25) is 0 Å². The van der Waals surface area contributed by atoms with Gasteiger partial charge in [0.1, 0.15) is 0 Å². The number of aromatic nitrogens is 2. The summed E-state index contributed by atoms with van der Waals surface area (Å²) in [5.41, 5.74) is 0. The third-order valence-electron chi connectivity index (χ3n) is 3.20. The van der Waals surface area contributed by atoms with E-state index in [1.165, 1.54) is 17.7 Å². The molecule has 0 amide bonds. The van der Waals surface area contributed by atoms with Gasteiger partial charge in [-0.25, -0.2) is 0 Å². The fourth-order valence-electron chi connectivity index (χ4n) is 2.19. The zero-order chi connectivity index (χ0) is 12.9. The fraction of sp³-hybridized carbons (Fsp3) is 0.429. The second-order valence-electron chi connectivity index (χ2n) is 4.65. The second kappa shape index (κ2) is 6.21. The summed E-state index contributed by atoms with van der Waals surface area (Å²) in [6.07, 6.45) is 3.56. The molecule has 1 aromatic carbocycles. The Morgan fingerprint density at radius 1 is 1.26 bits per heavy atom. The Morgan fingerprint density at radius 3 is 2.95 bits per heavy atom. The van der Waals surface area contributed by atoms with Crippen molar-refractivity contribution in [2.75, 3.05) is 6.54 Å². The number of piperidine rings is 1. The van der Waals surface area contributed by atoms with E-state index in [9.17, 15) is 0 Å². The molecule has 2 aromatic rings. The minimum Gasteiger partial charge on any atom is -0.338 e. The highest BCUT2D eigenvalue weighted by atomic mass is 32.2. The zero-order valence-corrected chi connectivity index (χ0v) is 11.5. The lowest BCUT2D eigenvalue weighted by atomic mass is 10.1. The average molecular weight is 275 g/mol. The molecule has 0 saturated carbocycles. The van der Waals surface area contributed by atoms with Crippen molar-refractivity contribution in [3.63, 3.8) is 0 Å². The molecule has 100 valence electrons. The maximum atomic E-state index is 5.36. The van der Waals surface area contributed by atoms with E-state index in [4.69, 9.17) is 4.52 Å². The summed E-state index contributed by atoms with van der Waals surface area (Å²) in [5, 5.41) is 7.48. The number of thioether (sulfide) groups is 1. The van der Waals surface area contributed by atoms with Gasteiger partial charge in [0, 0.05) is 4.90 Å². The van der Waals surface area contributed by atoms with Gasteiger partial charge < -0.3 is 9.84 Å². The van der Waals surface area contributed by atoms with Crippen LogP contribution in [-0.2, 0) is 5.75 Å². The minimum absolute atomic E-state index is 0.247. The van der Waals surface area contributed by atoms with Gasteiger partial charge in [0.15, 0.2) is 5.82 Å². The first-order chi connectivity index (χ1) is 9.42. The Labute approximate surface area is 117 Å². The molecule has 1 aromatic heterocycles. The predicted molar refractivity (Wildman–Crippen MR) is 74.9 cm³/mol. The molecule has 1 fully saturated rings. The van der Waals surface area contributed by atoms with Gasteiger partial charge in [0.05, 0.1) is 11.8 Å². The van der Waals surface area contributed by atoms with Gasteiger partial charge in [-0.1, -0.05) is 29.8 Å². The lowest BCUT2D eigenvalue weighted by Gasteiger charge is -2.19. The van der Waals surface area contributed by atoms with Crippen LogP contribution >= 0.6 is 11.8 Å². The topological polar surface area (TPSA) is 51.0 Å². The number of rotatable bonds is 4. The Morgan fingerprint density at radius 2 is 2.16 bits per heavy atom. The van der Waals surface area contributed by atoms with E-state index in [1.54, 1.807) is 11.8 Å². The molecule has 5 heteroatoms. The van der Waals surface area contributed by atoms with Gasteiger partial charge in [0.2, 0.25) is 5.89 Å². The van der Waals surface area contributed by atoms with Crippen molar-refractivity contribution in [2.24, 2.45) is 0 Å². The van der Waals surface area contributed by atoms with E-state index in [2.05, 4.69) is 27.6 Å². The smallest absolute Gasteiger partial charge is 0.243 e. The molecule has 0 unspecified atom stereocenters.